The predicted molar refractivity (Wildman–Crippen MR) is 43.3 cm³/mol. The van der Waals surface area contributed by atoms with Crippen LogP contribution in [-0.4, -0.2) is 9.97 Å². The average Bonchev–Trinajstić information content (AvgIpc) is 2.89. The molecule has 0 aliphatic heterocycles. The van der Waals surface area contributed by atoms with Crippen LogP contribution < -0.4 is 0 Å². The van der Waals surface area contributed by atoms with Gasteiger partial charge in [-0.1, -0.05) is 0 Å². The Morgan fingerprint density at radius 2 is 2.08 bits per heavy atom. The number of nitrogens with zero attached hydrogens (tertiary/aromatic N) is 3. The highest BCUT2D eigenvalue weighted by molar-refractivity contribution is 5.13. The molecule has 1 aliphatic carbocycles. The molecule has 1 aromatic rings. The molecule has 0 aromatic carbocycles. The van der Waals surface area contributed by atoms with Crippen molar-refractivity contribution in [3.05, 3.63) is 23.8 Å². The van der Waals surface area contributed by atoms with Gasteiger partial charge in [-0.25, -0.2) is 9.97 Å². The summed E-state index contributed by atoms with van der Waals surface area (Å²) >= 11 is 0. The van der Waals surface area contributed by atoms with Gasteiger partial charge in [0.05, 0.1) is 12.5 Å². The molecule has 0 saturated heterocycles. The topological polar surface area (TPSA) is 49.6 Å². The lowest BCUT2D eigenvalue weighted by Gasteiger charge is -1.96. The van der Waals surface area contributed by atoms with E-state index in [0.29, 0.717) is 12.3 Å². The van der Waals surface area contributed by atoms with E-state index in [4.69, 9.17) is 5.26 Å². The molecule has 1 fully saturated rings. The van der Waals surface area contributed by atoms with E-state index in [9.17, 15) is 0 Å². The van der Waals surface area contributed by atoms with Crippen LogP contribution in [0, 0.1) is 11.3 Å². The van der Waals surface area contributed by atoms with Crippen LogP contribution in [0.4, 0.5) is 0 Å². The van der Waals surface area contributed by atoms with E-state index in [1.165, 1.54) is 12.8 Å². The third-order valence-corrected chi connectivity index (χ3v) is 1.95. The second kappa shape index (κ2) is 2.90. The van der Waals surface area contributed by atoms with Gasteiger partial charge in [0.25, 0.3) is 0 Å². The summed E-state index contributed by atoms with van der Waals surface area (Å²) in [6, 6.07) is 2.07. The Morgan fingerprint density at radius 3 is 2.58 bits per heavy atom. The van der Waals surface area contributed by atoms with Gasteiger partial charge < -0.3 is 0 Å². The molecule has 2 rings (SSSR count). The summed E-state index contributed by atoms with van der Waals surface area (Å²) in [5.41, 5.74) is 0.905. The number of nitriles is 1. The minimum absolute atomic E-state index is 0.408. The molecule has 0 unspecified atom stereocenters. The second-order valence-electron chi connectivity index (χ2n) is 3.06. The van der Waals surface area contributed by atoms with Gasteiger partial charge in [0.1, 0.15) is 5.82 Å². The Balaban J connectivity index is 2.14. The third kappa shape index (κ3) is 1.42. The van der Waals surface area contributed by atoms with Crippen LogP contribution in [0.2, 0.25) is 0 Å². The van der Waals surface area contributed by atoms with Crippen LogP contribution in [-0.2, 0) is 6.42 Å². The van der Waals surface area contributed by atoms with E-state index in [1.807, 2.05) is 0 Å². The zero-order chi connectivity index (χ0) is 8.39. The summed E-state index contributed by atoms with van der Waals surface area (Å²) < 4.78 is 0. The van der Waals surface area contributed by atoms with Gasteiger partial charge in [-0.2, -0.15) is 5.26 Å². The lowest BCUT2D eigenvalue weighted by atomic mass is 10.2. The van der Waals surface area contributed by atoms with Gasteiger partial charge in [-0.3, -0.25) is 0 Å². The number of rotatable bonds is 2. The molecule has 0 spiro atoms. The molecule has 3 nitrogen and oxygen atoms in total. The molecule has 0 radical (unpaired) electrons. The molecule has 3 heteroatoms. The summed E-state index contributed by atoms with van der Waals surface area (Å²) in [6.07, 6.45) is 6.36. The van der Waals surface area contributed by atoms with Crippen LogP contribution >= 0.6 is 0 Å². The first-order valence-electron chi connectivity index (χ1n) is 4.08. The standard InChI is InChI=1S/C9H9N3/c10-4-3-7-5-11-9(12-6-7)8-1-2-8/h5-6,8H,1-3H2. The van der Waals surface area contributed by atoms with Gasteiger partial charge in [0, 0.05) is 23.9 Å². The first-order chi connectivity index (χ1) is 5.90. The van der Waals surface area contributed by atoms with Crippen molar-refractivity contribution in [2.45, 2.75) is 25.2 Å². The molecule has 0 atom stereocenters. The zero-order valence-electron chi connectivity index (χ0n) is 6.70. The van der Waals surface area contributed by atoms with Gasteiger partial charge >= 0.3 is 0 Å². The monoisotopic (exact) mass is 159 g/mol. The Morgan fingerprint density at radius 1 is 1.42 bits per heavy atom. The van der Waals surface area contributed by atoms with Crippen molar-refractivity contribution in [2.75, 3.05) is 0 Å². The van der Waals surface area contributed by atoms with Crippen LogP contribution in [0.3, 0.4) is 0 Å². The minimum Gasteiger partial charge on any atom is -0.241 e. The molecule has 60 valence electrons. The maximum Gasteiger partial charge on any atom is 0.131 e. The Labute approximate surface area is 71.1 Å². The summed E-state index contributed by atoms with van der Waals surface area (Å²) in [7, 11) is 0. The highest BCUT2D eigenvalue weighted by Gasteiger charge is 2.25. The molecule has 1 aromatic heterocycles. The molecule has 1 saturated carbocycles. The smallest absolute Gasteiger partial charge is 0.131 e. The van der Waals surface area contributed by atoms with Crippen molar-refractivity contribution in [2.24, 2.45) is 0 Å². The Hall–Kier alpha value is -1.43. The number of aromatic nitrogens is 2. The van der Waals surface area contributed by atoms with E-state index in [2.05, 4.69) is 16.0 Å². The van der Waals surface area contributed by atoms with E-state index in [0.717, 1.165) is 11.4 Å². The molecule has 0 N–H and O–H groups in total. The Kier molecular flexibility index (Phi) is 1.75. The molecule has 1 heterocycles. The normalized spacial score (nSPS) is 15.6. The van der Waals surface area contributed by atoms with Crippen molar-refractivity contribution in [1.29, 1.82) is 5.26 Å². The fourth-order valence-corrected chi connectivity index (χ4v) is 1.10. The molecular formula is C9H9N3. The SMILES string of the molecule is N#CCc1cnc(C2CC2)nc1. The highest BCUT2D eigenvalue weighted by Crippen LogP contribution is 2.37. The van der Waals surface area contributed by atoms with Gasteiger partial charge in [-0.15, -0.1) is 0 Å². The van der Waals surface area contributed by atoms with Crippen LogP contribution in [0.1, 0.15) is 30.1 Å². The van der Waals surface area contributed by atoms with Gasteiger partial charge in [0.2, 0.25) is 0 Å². The quantitative estimate of drug-likeness (QED) is 0.655. The lowest BCUT2D eigenvalue weighted by Crippen LogP contribution is -1.93. The summed E-state index contributed by atoms with van der Waals surface area (Å²) in [6.45, 7) is 0. The second-order valence-corrected chi connectivity index (χ2v) is 3.06. The zero-order valence-corrected chi connectivity index (χ0v) is 6.70. The largest absolute Gasteiger partial charge is 0.241 e. The predicted octanol–water partition coefficient (Wildman–Crippen LogP) is 1.42. The molecule has 12 heavy (non-hydrogen) atoms. The number of hydrogen-bond acceptors (Lipinski definition) is 3. The average molecular weight is 159 g/mol. The van der Waals surface area contributed by atoms with E-state index >= 15 is 0 Å². The maximum atomic E-state index is 8.40. The van der Waals surface area contributed by atoms with E-state index < -0.39 is 0 Å². The third-order valence-electron chi connectivity index (χ3n) is 1.95. The maximum absolute atomic E-state index is 8.40. The van der Waals surface area contributed by atoms with Crippen molar-refractivity contribution >= 4 is 0 Å². The molecule has 1 aliphatic rings. The fraction of sp³-hybridized carbons (Fsp3) is 0.444. The first-order valence-corrected chi connectivity index (χ1v) is 4.08. The van der Waals surface area contributed by atoms with Crippen LogP contribution in [0.15, 0.2) is 12.4 Å². The van der Waals surface area contributed by atoms with E-state index in [1.54, 1.807) is 12.4 Å². The molecular weight excluding hydrogens is 150 g/mol. The summed E-state index contributed by atoms with van der Waals surface area (Å²) in [4.78, 5) is 8.39. The minimum atomic E-state index is 0.408. The van der Waals surface area contributed by atoms with Crippen molar-refractivity contribution < 1.29 is 0 Å². The van der Waals surface area contributed by atoms with Gasteiger partial charge in [0.15, 0.2) is 0 Å². The highest BCUT2D eigenvalue weighted by atomic mass is 14.9. The van der Waals surface area contributed by atoms with E-state index in [-0.39, 0.29) is 0 Å². The Bertz CT molecular complexity index is 306. The van der Waals surface area contributed by atoms with Crippen LogP contribution in [0.5, 0.6) is 0 Å². The summed E-state index contributed by atoms with van der Waals surface area (Å²) in [5, 5.41) is 8.40. The van der Waals surface area contributed by atoms with Crippen molar-refractivity contribution in [3.8, 4) is 6.07 Å². The van der Waals surface area contributed by atoms with Gasteiger partial charge in [-0.05, 0) is 12.8 Å². The first kappa shape index (κ1) is 7.23. The van der Waals surface area contributed by atoms with Crippen molar-refractivity contribution in [1.82, 2.24) is 9.97 Å². The number of hydrogen-bond donors (Lipinski definition) is 0. The summed E-state index contributed by atoms with van der Waals surface area (Å²) in [5.74, 6) is 1.54. The molecule has 0 bridgehead atoms. The lowest BCUT2D eigenvalue weighted by molar-refractivity contribution is 0.911. The molecule has 0 amide bonds. The fourth-order valence-electron chi connectivity index (χ4n) is 1.10. The van der Waals surface area contributed by atoms with Crippen molar-refractivity contribution in [3.63, 3.8) is 0 Å². The van der Waals surface area contributed by atoms with Crippen LogP contribution in [0.25, 0.3) is 0 Å².